The summed E-state index contributed by atoms with van der Waals surface area (Å²) < 4.78 is 0. The Labute approximate surface area is 120 Å². The Morgan fingerprint density at radius 1 is 0.952 bits per heavy atom. The Morgan fingerprint density at radius 3 is 2.48 bits per heavy atom. The van der Waals surface area contributed by atoms with Gasteiger partial charge in [-0.3, -0.25) is 20.3 Å². The number of benzene rings is 1. The second-order valence-electron chi connectivity index (χ2n) is 4.40. The number of carbonyl (C=O) groups excluding carboxylic acids is 2. The van der Waals surface area contributed by atoms with Gasteiger partial charge in [0.1, 0.15) is 0 Å². The van der Waals surface area contributed by atoms with Gasteiger partial charge in [0.2, 0.25) is 0 Å². The molecule has 6 nitrogen and oxygen atoms in total. The van der Waals surface area contributed by atoms with Crippen LogP contribution < -0.4 is 10.7 Å². The number of nitrogens with zero attached hydrogens (tertiary/aromatic N) is 1. The quantitative estimate of drug-likeness (QED) is 0.643. The number of amides is 2. The first-order valence-corrected chi connectivity index (χ1v) is 6.33. The van der Waals surface area contributed by atoms with Crippen molar-refractivity contribution in [3.05, 3.63) is 48.2 Å². The number of hydrazone groups is 1. The molecule has 0 radical (unpaired) electrons. The molecule has 0 spiro atoms. The van der Waals surface area contributed by atoms with Crippen molar-refractivity contribution in [2.75, 3.05) is 5.43 Å². The molecule has 2 aliphatic heterocycles. The van der Waals surface area contributed by atoms with Gasteiger partial charge in [-0.25, -0.2) is 0 Å². The number of rotatable bonds is 0. The lowest BCUT2D eigenvalue weighted by molar-refractivity contribution is -0.123. The van der Waals surface area contributed by atoms with Crippen LogP contribution in [0.5, 0.6) is 0 Å². The molecular formula is C15H12N4O2. The molecule has 0 unspecified atom stereocenters. The highest BCUT2D eigenvalue weighted by Gasteiger charge is 2.07. The third kappa shape index (κ3) is 2.74. The summed E-state index contributed by atoms with van der Waals surface area (Å²) in [4.78, 5) is 23.2. The van der Waals surface area contributed by atoms with E-state index < -0.39 is 0 Å². The molecule has 0 saturated carbocycles. The van der Waals surface area contributed by atoms with Crippen LogP contribution >= 0.6 is 0 Å². The molecule has 2 aliphatic rings. The third-order valence-electron chi connectivity index (χ3n) is 3.01. The summed E-state index contributed by atoms with van der Waals surface area (Å²) in [6.45, 7) is 0. The van der Waals surface area contributed by atoms with Crippen LogP contribution in [0.15, 0.2) is 47.7 Å². The van der Waals surface area contributed by atoms with Crippen molar-refractivity contribution in [3.63, 3.8) is 0 Å². The summed E-state index contributed by atoms with van der Waals surface area (Å²) in [7, 11) is 0. The van der Waals surface area contributed by atoms with Gasteiger partial charge in [0.25, 0.3) is 11.8 Å². The van der Waals surface area contributed by atoms with Crippen molar-refractivity contribution in [2.45, 2.75) is 0 Å². The Balaban J connectivity index is 0.000000160. The maximum atomic E-state index is 10.0. The second kappa shape index (κ2) is 5.46. The van der Waals surface area contributed by atoms with Gasteiger partial charge in [0.05, 0.1) is 5.69 Å². The van der Waals surface area contributed by atoms with Crippen LogP contribution in [0, 0.1) is 0 Å². The van der Waals surface area contributed by atoms with Crippen molar-refractivity contribution in [1.29, 1.82) is 0 Å². The fourth-order valence-corrected chi connectivity index (χ4v) is 2.06. The third-order valence-corrected chi connectivity index (χ3v) is 3.01. The summed E-state index contributed by atoms with van der Waals surface area (Å²) in [6, 6.07) is 6.20. The first-order chi connectivity index (χ1) is 10.2. The highest BCUT2D eigenvalue weighted by atomic mass is 16.2. The zero-order chi connectivity index (χ0) is 14.7. The van der Waals surface area contributed by atoms with Crippen molar-refractivity contribution >= 4 is 40.7 Å². The highest BCUT2D eigenvalue weighted by molar-refractivity contribution is 6.12. The minimum atomic E-state index is -0.329. The fraction of sp³-hybridized carbons (Fsp3) is 0. The predicted molar refractivity (Wildman–Crippen MR) is 81.7 cm³/mol. The molecule has 21 heavy (non-hydrogen) atoms. The van der Waals surface area contributed by atoms with Gasteiger partial charge in [-0.2, -0.15) is 5.10 Å². The van der Waals surface area contributed by atoms with Gasteiger partial charge in [0.15, 0.2) is 0 Å². The molecule has 3 N–H and O–H groups in total. The maximum absolute atomic E-state index is 10.0. The Kier molecular flexibility index (Phi) is 3.34. The molecule has 6 heteroatoms. The lowest BCUT2D eigenvalue weighted by Gasteiger charge is -2.05. The monoisotopic (exact) mass is 280 g/mol. The molecule has 1 aromatic heterocycles. The Hall–Kier alpha value is -3.15. The number of nitrogens with one attached hydrogen (secondary N) is 3. The van der Waals surface area contributed by atoms with Crippen LogP contribution in [0.1, 0.15) is 5.56 Å². The minimum Gasteiger partial charge on any atom is -0.361 e. The van der Waals surface area contributed by atoms with E-state index in [1.807, 2.05) is 23.7 Å². The largest absolute Gasteiger partial charge is 0.361 e. The number of allylic oxidation sites excluding steroid dienone is 1. The number of hydrogen-bond acceptors (Lipinski definition) is 4. The van der Waals surface area contributed by atoms with E-state index in [0.717, 1.165) is 16.8 Å². The van der Waals surface area contributed by atoms with Crippen molar-refractivity contribution in [2.24, 2.45) is 5.10 Å². The molecule has 2 aromatic rings. The van der Waals surface area contributed by atoms with E-state index >= 15 is 0 Å². The van der Waals surface area contributed by atoms with Crippen LogP contribution in [0.25, 0.3) is 17.0 Å². The molecule has 0 bridgehead atoms. The van der Waals surface area contributed by atoms with Gasteiger partial charge < -0.3 is 4.98 Å². The standard InChI is InChI=1S/C11H9N3.C4H3NO2/c1-2-8-3-4-10-9(5-7-12-10)11(8)14-13-6-1;6-3-1-2-4(7)5-3/h1-7,12,14H;1-2H,(H,5,6,7). The average molecular weight is 280 g/mol. The van der Waals surface area contributed by atoms with Crippen LogP contribution in [-0.4, -0.2) is 23.0 Å². The summed E-state index contributed by atoms with van der Waals surface area (Å²) in [5.41, 5.74) is 6.39. The molecular weight excluding hydrogens is 268 g/mol. The van der Waals surface area contributed by atoms with Crippen LogP contribution in [-0.2, 0) is 9.59 Å². The van der Waals surface area contributed by atoms with Crippen LogP contribution in [0.4, 0.5) is 5.69 Å². The summed E-state index contributed by atoms with van der Waals surface area (Å²) >= 11 is 0. The van der Waals surface area contributed by atoms with E-state index in [2.05, 4.69) is 33.7 Å². The zero-order valence-corrected chi connectivity index (χ0v) is 11.0. The Bertz CT molecular complexity index is 783. The fourth-order valence-electron chi connectivity index (χ4n) is 2.06. The van der Waals surface area contributed by atoms with Gasteiger partial charge in [-0.05, 0) is 18.2 Å². The first kappa shape index (κ1) is 12.9. The van der Waals surface area contributed by atoms with Crippen LogP contribution in [0.2, 0.25) is 0 Å². The van der Waals surface area contributed by atoms with Crippen LogP contribution in [0.3, 0.4) is 0 Å². The average Bonchev–Trinajstić information content (AvgIpc) is 3.02. The normalized spacial score (nSPS) is 15.0. The van der Waals surface area contributed by atoms with Crippen molar-refractivity contribution in [3.8, 4) is 0 Å². The number of H-pyrrole nitrogens is 1. The number of fused-ring (bicyclic) bond motifs is 3. The molecule has 0 atom stereocenters. The lowest BCUT2D eigenvalue weighted by Crippen LogP contribution is -2.19. The van der Waals surface area contributed by atoms with E-state index in [0.29, 0.717) is 0 Å². The van der Waals surface area contributed by atoms with Gasteiger partial charge >= 0.3 is 0 Å². The summed E-state index contributed by atoms with van der Waals surface area (Å²) in [6.07, 6.45) is 10.1. The minimum absolute atomic E-state index is 0.329. The number of hydrogen-bond donors (Lipinski definition) is 3. The number of aromatic nitrogens is 1. The molecule has 4 rings (SSSR count). The maximum Gasteiger partial charge on any atom is 0.250 e. The van der Waals surface area contributed by atoms with E-state index in [4.69, 9.17) is 0 Å². The van der Waals surface area contributed by atoms with Gasteiger partial charge in [-0.1, -0.05) is 12.1 Å². The molecule has 3 heterocycles. The molecule has 0 aliphatic carbocycles. The van der Waals surface area contributed by atoms with Gasteiger partial charge in [-0.15, -0.1) is 0 Å². The van der Waals surface area contributed by atoms with Gasteiger partial charge in [0, 0.05) is 41.0 Å². The molecule has 1 aromatic carbocycles. The van der Waals surface area contributed by atoms with E-state index in [9.17, 15) is 9.59 Å². The molecule has 104 valence electrons. The summed E-state index contributed by atoms with van der Waals surface area (Å²) in [5.74, 6) is -0.657. The van der Waals surface area contributed by atoms with E-state index in [-0.39, 0.29) is 11.8 Å². The van der Waals surface area contributed by atoms with E-state index in [1.165, 1.54) is 17.5 Å². The smallest absolute Gasteiger partial charge is 0.250 e. The zero-order valence-electron chi connectivity index (χ0n) is 11.0. The van der Waals surface area contributed by atoms with Crippen molar-refractivity contribution < 1.29 is 9.59 Å². The van der Waals surface area contributed by atoms with E-state index in [1.54, 1.807) is 6.21 Å². The topological polar surface area (TPSA) is 86.3 Å². The Morgan fingerprint density at radius 2 is 1.76 bits per heavy atom. The van der Waals surface area contributed by atoms with Crippen molar-refractivity contribution in [1.82, 2.24) is 10.3 Å². The number of aromatic amines is 1. The number of carbonyl (C=O) groups is 2. The lowest BCUT2D eigenvalue weighted by atomic mass is 10.1. The molecule has 0 fully saturated rings. The predicted octanol–water partition coefficient (Wildman–Crippen LogP) is 1.79. The number of imide groups is 1. The second-order valence-corrected chi connectivity index (χ2v) is 4.40. The first-order valence-electron chi connectivity index (χ1n) is 6.33. The summed E-state index contributed by atoms with van der Waals surface area (Å²) in [5, 5.41) is 7.27. The SMILES string of the molecule is C1=Cc2ccc3[nH]ccc3c2NN=C1.O=C1C=CC(=O)N1. The highest BCUT2D eigenvalue weighted by Crippen LogP contribution is 2.28. The number of anilines is 1. The molecule has 0 saturated heterocycles. The molecule has 2 amide bonds.